The average molecular weight is 438 g/mol. The van der Waals surface area contributed by atoms with Crippen molar-refractivity contribution in [1.29, 1.82) is 0 Å². The van der Waals surface area contributed by atoms with E-state index < -0.39 is 0 Å². The molecule has 0 atom stereocenters. The Hall–Kier alpha value is -4.59. The van der Waals surface area contributed by atoms with Gasteiger partial charge in [-0.3, -0.25) is 9.36 Å². The van der Waals surface area contributed by atoms with E-state index in [9.17, 15) is 9.18 Å². The van der Waals surface area contributed by atoms with Crippen LogP contribution in [0.25, 0.3) is 17.1 Å². The molecule has 0 aliphatic heterocycles. The van der Waals surface area contributed by atoms with Crippen molar-refractivity contribution >= 4 is 11.7 Å². The molecule has 33 heavy (non-hydrogen) atoms. The molecule has 7 nitrogen and oxygen atoms in total. The van der Waals surface area contributed by atoms with Gasteiger partial charge in [-0.05, 0) is 42.0 Å². The maximum absolute atomic E-state index is 13.5. The highest BCUT2D eigenvalue weighted by atomic mass is 19.1. The molecule has 2 aromatic carbocycles. The normalized spacial score (nSPS) is 10.8. The maximum Gasteiger partial charge on any atom is 0.258 e. The number of halogens is 1. The van der Waals surface area contributed by atoms with Crippen molar-refractivity contribution in [3.63, 3.8) is 0 Å². The molecule has 3 aromatic heterocycles. The fourth-order valence-corrected chi connectivity index (χ4v) is 3.48. The fourth-order valence-electron chi connectivity index (χ4n) is 3.48. The predicted molar refractivity (Wildman–Crippen MR) is 122 cm³/mol. The van der Waals surface area contributed by atoms with Crippen LogP contribution in [0.15, 0.2) is 98.0 Å². The van der Waals surface area contributed by atoms with Gasteiger partial charge in [0, 0.05) is 24.2 Å². The third-order valence-corrected chi connectivity index (χ3v) is 5.16. The number of anilines is 1. The Morgan fingerprint density at radius 1 is 0.939 bits per heavy atom. The summed E-state index contributed by atoms with van der Waals surface area (Å²) in [6.07, 6.45) is 8.26. The van der Waals surface area contributed by atoms with Gasteiger partial charge in [-0.2, -0.15) is 0 Å². The molecule has 3 heterocycles. The molecule has 1 N–H and O–H groups in total. The lowest BCUT2D eigenvalue weighted by Gasteiger charge is -2.12. The van der Waals surface area contributed by atoms with Gasteiger partial charge >= 0.3 is 0 Å². The van der Waals surface area contributed by atoms with E-state index in [2.05, 4.69) is 20.3 Å². The van der Waals surface area contributed by atoms with Gasteiger partial charge in [0.15, 0.2) is 0 Å². The lowest BCUT2D eigenvalue weighted by molar-refractivity contribution is 0.102. The summed E-state index contributed by atoms with van der Waals surface area (Å²) < 4.78 is 17.1. The van der Waals surface area contributed by atoms with Crippen LogP contribution in [0.3, 0.4) is 0 Å². The van der Waals surface area contributed by atoms with Crippen LogP contribution in [0.2, 0.25) is 0 Å². The van der Waals surface area contributed by atoms with Gasteiger partial charge in [-0.1, -0.05) is 30.3 Å². The first-order valence-electron chi connectivity index (χ1n) is 10.3. The van der Waals surface area contributed by atoms with E-state index in [0.29, 0.717) is 35.0 Å². The Morgan fingerprint density at radius 3 is 2.45 bits per heavy atom. The highest BCUT2D eigenvalue weighted by Gasteiger charge is 2.17. The highest BCUT2D eigenvalue weighted by Crippen LogP contribution is 2.28. The Kier molecular flexibility index (Phi) is 5.47. The number of hydrogen-bond donors (Lipinski definition) is 1. The molecule has 0 saturated heterocycles. The number of aromatic nitrogens is 5. The Balaban J connectivity index is 1.46. The first-order valence-corrected chi connectivity index (χ1v) is 10.3. The second kappa shape index (κ2) is 8.88. The first kappa shape index (κ1) is 20.3. The average Bonchev–Trinajstić information content (AvgIpc) is 3.52. The van der Waals surface area contributed by atoms with Crippen LogP contribution in [0, 0.1) is 5.82 Å². The zero-order chi connectivity index (χ0) is 22.6. The number of pyridine rings is 1. The van der Waals surface area contributed by atoms with Gasteiger partial charge in [0.1, 0.15) is 29.5 Å². The summed E-state index contributed by atoms with van der Waals surface area (Å²) in [6.45, 7) is 0.516. The molecule has 0 fully saturated rings. The summed E-state index contributed by atoms with van der Waals surface area (Å²) in [4.78, 5) is 25.9. The van der Waals surface area contributed by atoms with E-state index in [1.807, 2.05) is 34.9 Å². The molecule has 0 spiro atoms. The van der Waals surface area contributed by atoms with Gasteiger partial charge in [0.25, 0.3) is 5.91 Å². The Bertz CT molecular complexity index is 1360. The number of imidazole rings is 2. The van der Waals surface area contributed by atoms with Crippen molar-refractivity contribution in [3.8, 4) is 17.1 Å². The molecule has 5 aromatic rings. The summed E-state index contributed by atoms with van der Waals surface area (Å²) in [5, 5.41) is 2.97. The molecular formula is C25H19FN6O. The molecular weight excluding hydrogens is 419 g/mol. The maximum atomic E-state index is 13.5. The molecule has 0 aliphatic carbocycles. The minimum atomic E-state index is -0.336. The molecule has 8 heteroatoms. The number of nitrogens with zero attached hydrogens (tertiary/aromatic N) is 5. The summed E-state index contributed by atoms with van der Waals surface area (Å²) in [5.41, 5.74) is 2.72. The standard InChI is InChI=1S/C25H19FN6O/c26-21-9-6-19(7-10-21)23-24(32(17-29-23)15-18-4-2-1-3-5-18)30-25(33)20-8-11-22(28-14-20)31-13-12-27-16-31/h1-14,16-17H,15H2,(H,30,33). The van der Waals surface area contributed by atoms with E-state index in [0.717, 1.165) is 5.56 Å². The van der Waals surface area contributed by atoms with Crippen molar-refractivity contribution in [3.05, 3.63) is 115 Å². The smallest absolute Gasteiger partial charge is 0.258 e. The summed E-state index contributed by atoms with van der Waals surface area (Å²) >= 11 is 0. The number of benzene rings is 2. The molecule has 1 amide bonds. The second-order valence-corrected chi connectivity index (χ2v) is 7.39. The zero-order valence-electron chi connectivity index (χ0n) is 17.5. The summed E-state index contributed by atoms with van der Waals surface area (Å²) in [5.74, 6) is 0.522. The van der Waals surface area contributed by atoms with Crippen LogP contribution in [0.1, 0.15) is 15.9 Å². The van der Waals surface area contributed by atoms with E-state index in [-0.39, 0.29) is 11.7 Å². The number of rotatable bonds is 6. The number of nitrogens with one attached hydrogen (secondary N) is 1. The van der Waals surface area contributed by atoms with E-state index in [4.69, 9.17) is 0 Å². The van der Waals surface area contributed by atoms with Gasteiger partial charge in [-0.15, -0.1) is 0 Å². The number of amides is 1. The van der Waals surface area contributed by atoms with Crippen LogP contribution >= 0.6 is 0 Å². The zero-order valence-corrected chi connectivity index (χ0v) is 17.5. The van der Waals surface area contributed by atoms with Crippen LogP contribution < -0.4 is 5.32 Å². The molecule has 0 aliphatic rings. The lowest BCUT2D eigenvalue weighted by atomic mass is 10.1. The molecule has 0 radical (unpaired) electrons. The van der Waals surface area contributed by atoms with Gasteiger partial charge in [0.2, 0.25) is 0 Å². The Morgan fingerprint density at radius 2 is 1.76 bits per heavy atom. The van der Waals surface area contributed by atoms with E-state index in [1.165, 1.54) is 18.3 Å². The lowest BCUT2D eigenvalue weighted by Crippen LogP contribution is -2.16. The minimum Gasteiger partial charge on any atom is -0.312 e. The van der Waals surface area contributed by atoms with Crippen LogP contribution in [-0.2, 0) is 6.54 Å². The second-order valence-electron chi connectivity index (χ2n) is 7.39. The molecule has 0 unspecified atom stereocenters. The minimum absolute atomic E-state index is 0.321. The van der Waals surface area contributed by atoms with Crippen LogP contribution in [0.5, 0.6) is 0 Å². The third kappa shape index (κ3) is 4.40. The highest BCUT2D eigenvalue weighted by molar-refractivity contribution is 6.05. The van der Waals surface area contributed by atoms with Gasteiger partial charge in [-0.25, -0.2) is 19.3 Å². The van der Waals surface area contributed by atoms with Crippen molar-refractivity contribution in [2.24, 2.45) is 0 Å². The van der Waals surface area contributed by atoms with Crippen molar-refractivity contribution in [1.82, 2.24) is 24.1 Å². The topological polar surface area (TPSA) is 77.6 Å². The molecule has 0 saturated carbocycles. The number of carbonyl (C=O) groups is 1. The Labute approximate surface area is 189 Å². The molecule has 5 rings (SSSR count). The summed E-state index contributed by atoms with van der Waals surface area (Å²) in [7, 11) is 0. The van der Waals surface area contributed by atoms with Crippen molar-refractivity contribution in [2.75, 3.05) is 5.32 Å². The van der Waals surface area contributed by atoms with Crippen molar-refractivity contribution in [2.45, 2.75) is 6.54 Å². The van der Waals surface area contributed by atoms with Gasteiger partial charge < -0.3 is 9.88 Å². The van der Waals surface area contributed by atoms with E-state index in [1.54, 1.807) is 53.9 Å². The first-order chi connectivity index (χ1) is 16.2. The van der Waals surface area contributed by atoms with Gasteiger partial charge in [0.05, 0.1) is 18.4 Å². The molecule has 162 valence electrons. The largest absolute Gasteiger partial charge is 0.312 e. The van der Waals surface area contributed by atoms with E-state index >= 15 is 0 Å². The quantitative estimate of drug-likeness (QED) is 0.421. The SMILES string of the molecule is O=C(Nc1c(-c2ccc(F)cc2)ncn1Cc1ccccc1)c1ccc(-n2ccnc2)nc1. The molecule has 0 bridgehead atoms. The number of carbonyl (C=O) groups excluding carboxylic acids is 1. The fraction of sp³-hybridized carbons (Fsp3) is 0.0400. The number of hydrogen-bond acceptors (Lipinski definition) is 4. The predicted octanol–water partition coefficient (Wildman–Crippen LogP) is 4.57. The summed E-state index contributed by atoms with van der Waals surface area (Å²) in [6, 6.07) is 19.3. The monoisotopic (exact) mass is 438 g/mol. The van der Waals surface area contributed by atoms with Crippen molar-refractivity contribution < 1.29 is 9.18 Å². The van der Waals surface area contributed by atoms with Crippen LogP contribution in [-0.4, -0.2) is 30.0 Å². The third-order valence-electron chi connectivity index (χ3n) is 5.16. The van der Waals surface area contributed by atoms with Crippen LogP contribution in [0.4, 0.5) is 10.2 Å².